The van der Waals surface area contributed by atoms with E-state index in [4.69, 9.17) is 15.7 Å². The summed E-state index contributed by atoms with van der Waals surface area (Å²) in [5, 5.41) is 1.14. The number of hydrogen-bond acceptors (Lipinski definition) is 6. The van der Waals surface area contributed by atoms with Crippen LogP contribution in [-0.4, -0.2) is 59.0 Å². The molecule has 0 saturated carbocycles. The summed E-state index contributed by atoms with van der Waals surface area (Å²) in [5.74, 6) is 2.36. The molecule has 164 valence electrons. The zero-order chi connectivity index (χ0) is 21.2. The van der Waals surface area contributed by atoms with Crippen molar-refractivity contribution in [2.24, 2.45) is 5.92 Å². The van der Waals surface area contributed by atoms with Crippen molar-refractivity contribution in [3.63, 3.8) is 0 Å². The van der Waals surface area contributed by atoms with E-state index in [1.165, 1.54) is 28.8 Å². The third-order valence-corrected chi connectivity index (χ3v) is 8.05. The van der Waals surface area contributed by atoms with E-state index in [2.05, 4.69) is 47.1 Å². The van der Waals surface area contributed by atoms with Crippen molar-refractivity contribution >= 4 is 27.4 Å². The summed E-state index contributed by atoms with van der Waals surface area (Å²) >= 11 is 1.85. The van der Waals surface area contributed by atoms with Gasteiger partial charge in [0, 0.05) is 50.6 Å². The van der Waals surface area contributed by atoms with E-state index in [1.807, 2.05) is 11.3 Å². The lowest BCUT2D eigenvalue weighted by Crippen LogP contribution is -2.47. The van der Waals surface area contributed by atoms with Crippen LogP contribution in [0.1, 0.15) is 35.2 Å². The highest BCUT2D eigenvalue weighted by Gasteiger charge is 2.23. The number of benzene rings is 1. The Morgan fingerprint density at radius 2 is 1.71 bits per heavy atom. The van der Waals surface area contributed by atoms with Gasteiger partial charge < -0.3 is 15.5 Å². The summed E-state index contributed by atoms with van der Waals surface area (Å²) in [6.45, 7) is 9.04. The Balaban J connectivity index is 1.15. The molecule has 0 bridgehead atoms. The third-order valence-electron chi connectivity index (χ3n) is 6.91. The van der Waals surface area contributed by atoms with Crippen molar-refractivity contribution in [1.29, 1.82) is 0 Å². The molecule has 3 heterocycles. The normalized spacial score (nSPS) is 20.2. The zero-order valence-corrected chi connectivity index (χ0v) is 19.3. The molecule has 0 amide bonds. The Bertz CT molecular complexity index is 1020. The molecule has 2 N–H and O–H groups in total. The standard InChI is InChI=1S/C25H33N5S/c1-18-7-8-20-21(17-18)31-25-23(20)24(26)27-22(28-25)10-12-30-15-13-29(14-16-30)11-9-19-5-3-2-4-6-19/h2-6,18H,7-17H2,1H3,(H2,26,27,28). The number of nitrogen functional groups attached to an aromatic ring is 1. The van der Waals surface area contributed by atoms with Crippen LogP contribution in [0.25, 0.3) is 10.2 Å². The van der Waals surface area contributed by atoms with E-state index < -0.39 is 0 Å². The number of nitrogens with zero attached hydrogens (tertiary/aromatic N) is 4. The minimum absolute atomic E-state index is 0.692. The minimum Gasteiger partial charge on any atom is -0.383 e. The van der Waals surface area contributed by atoms with Gasteiger partial charge in [-0.1, -0.05) is 37.3 Å². The maximum atomic E-state index is 6.40. The zero-order valence-electron chi connectivity index (χ0n) is 18.5. The molecule has 1 aromatic carbocycles. The van der Waals surface area contributed by atoms with Crippen molar-refractivity contribution in [2.75, 3.05) is 45.0 Å². The highest BCUT2D eigenvalue weighted by molar-refractivity contribution is 7.19. The molecule has 1 saturated heterocycles. The molecule has 1 fully saturated rings. The maximum Gasteiger partial charge on any atom is 0.136 e. The lowest BCUT2D eigenvalue weighted by molar-refractivity contribution is 0.134. The monoisotopic (exact) mass is 435 g/mol. The second-order valence-corrected chi connectivity index (χ2v) is 10.3. The first kappa shape index (κ1) is 20.9. The van der Waals surface area contributed by atoms with Gasteiger partial charge in [0.1, 0.15) is 16.5 Å². The molecule has 2 aromatic heterocycles. The van der Waals surface area contributed by atoms with Gasteiger partial charge in [-0.3, -0.25) is 0 Å². The van der Waals surface area contributed by atoms with Crippen LogP contribution in [0.5, 0.6) is 0 Å². The van der Waals surface area contributed by atoms with E-state index in [9.17, 15) is 0 Å². The number of aryl methyl sites for hydroxylation is 1. The van der Waals surface area contributed by atoms with Gasteiger partial charge in [0.2, 0.25) is 0 Å². The first-order chi connectivity index (χ1) is 15.2. The van der Waals surface area contributed by atoms with Crippen LogP contribution in [0, 0.1) is 5.92 Å². The van der Waals surface area contributed by atoms with Crippen LogP contribution in [0.2, 0.25) is 0 Å². The maximum absolute atomic E-state index is 6.40. The fraction of sp³-hybridized carbons (Fsp3) is 0.520. The van der Waals surface area contributed by atoms with Crippen LogP contribution in [-0.2, 0) is 25.7 Å². The molecule has 0 spiro atoms. The van der Waals surface area contributed by atoms with Gasteiger partial charge >= 0.3 is 0 Å². The van der Waals surface area contributed by atoms with Crippen LogP contribution in [0.4, 0.5) is 5.82 Å². The van der Waals surface area contributed by atoms with Gasteiger partial charge in [-0.25, -0.2) is 9.97 Å². The largest absolute Gasteiger partial charge is 0.383 e. The molecule has 1 aliphatic heterocycles. The first-order valence-electron chi connectivity index (χ1n) is 11.7. The highest BCUT2D eigenvalue weighted by Crippen LogP contribution is 2.39. The van der Waals surface area contributed by atoms with Crippen molar-refractivity contribution < 1.29 is 0 Å². The number of thiophene rings is 1. The number of piperazine rings is 1. The van der Waals surface area contributed by atoms with E-state index in [-0.39, 0.29) is 0 Å². The molecule has 1 aliphatic carbocycles. The highest BCUT2D eigenvalue weighted by atomic mass is 32.1. The van der Waals surface area contributed by atoms with E-state index in [0.29, 0.717) is 5.82 Å². The lowest BCUT2D eigenvalue weighted by atomic mass is 9.89. The minimum atomic E-state index is 0.692. The Morgan fingerprint density at radius 1 is 1.00 bits per heavy atom. The second-order valence-electron chi connectivity index (χ2n) is 9.23. The fourth-order valence-corrected chi connectivity index (χ4v) is 6.36. The number of rotatable bonds is 6. The average Bonchev–Trinajstić information content (AvgIpc) is 3.15. The first-order valence-corrected chi connectivity index (χ1v) is 12.5. The summed E-state index contributed by atoms with van der Waals surface area (Å²) in [5.41, 5.74) is 9.26. The van der Waals surface area contributed by atoms with E-state index in [1.54, 1.807) is 0 Å². The SMILES string of the molecule is CC1CCc2c(sc3nc(CCN4CCN(CCc5ccccc5)CC4)nc(N)c23)C1. The molecule has 3 aromatic rings. The number of hydrogen-bond donors (Lipinski definition) is 1. The van der Waals surface area contributed by atoms with Gasteiger partial charge in [0.15, 0.2) is 0 Å². The topological polar surface area (TPSA) is 58.3 Å². The van der Waals surface area contributed by atoms with Gasteiger partial charge in [-0.15, -0.1) is 11.3 Å². The van der Waals surface area contributed by atoms with Crippen LogP contribution in [0.3, 0.4) is 0 Å². The molecule has 5 nitrogen and oxygen atoms in total. The van der Waals surface area contributed by atoms with Crippen molar-refractivity contribution in [2.45, 2.75) is 39.0 Å². The Morgan fingerprint density at radius 3 is 2.45 bits per heavy atom. The summed E-state index contributed by atoms with van der Waals surface area (Å²) in [6.07, 6.45) is 5.55. The fourth-order valence-electron chi connectivity index (χ4n) is 4.95. The third kappa shape index (κ3) is 4.76. The second kappa shape index (κ2) is 9.23. The van der Waals surface area contributed by atoms with Crippen LogP contribution >= 0.6 is 11.3 Å². The summed E-state index contributed by atoms with van der Waals surface area (Å²) in [6, 6.07) is 10.8. The summed E-state index contributed by atoms with van der Waals surface area (Å²) in [4.78, 5) is 17.3. The van der Waals surface area contributed by atoms with Gasteiger partial charge in [-0.2, -0.15) is 0 Å². The van der Waals surface area contributed by atoms with Gasteiger partial charge in [0.25, 0.3) is 0 Å². The number of fused-ring (bicyclic) bond motifs is 3. The molecule has 6 heteroatoms. The van der Waals surface area contributed by atoms with Crippen LogP contribution in [0.15, 0.2) is 30.3 Å². The molecule has 1 atom stereocenters. The predicted octanol–water partition coefficient (Wildman–Crippen LogP) is 3.80. The van der Waals surface area contributed by atoms with Crippen molar-refractivity contribution in [3.05, 3.63) is 52.2 Å². The number of aromatic nitrogens is 2. The molecule has 1 unspecified atom stereocenters. The number of nitrogens with two attached hydrogens (primary N) is 1. The van der Waals surface area contributed by atoms with E-state index >= 15 is 0 Å². The quantitative estimate of drug-likeness (QED) is 0.638. The smallest absolute Gasteiger partial charge is 0.136 e. The molecular weight excluding hydrogens is 402 g/mol. The van der Waals surface area contributed by atoms with E-state index in [0.717, 1.165) is 80.5 Å². The Labute approximate surface area is 189 Å². The predicted molar refractivity (Wildman–Crippen MR) is 130 cm³/mol. The Kier molecular flexibility index (Phi) is 6.21. The molecule has 31 heavy (non-hydrogen) atoms. The summed E-state index contributed by atoms with van der Waals surface area (Å²) in [7, 11) is 0. The van der Waals surface area contributed by atoms with Gasteiger partial charge in [0.05, 0.1) is 5.39 Å². The molecule has 0 radical (unpaired) electrons. The van der Waals surface area contributed by atoms with Gasteiger partial charge in [-0.05, 0) is 42.7 Å². The number of anilines is 1. The molecular formula is C25H33N5S. The molecule has 5 rings (SSSR count). The average molecular weight is 436 g/mol. The van der Waals surface area contributed by atoms with Crippen LogP contribution < -0.4 is 5.73 Å². The van der Waals surface area contributed by atoms with Crippen molar-refractivity contribution in [3.8, 4) is 0 Å². The Hall–Kier alpha value is -2.02. The van der Waals surface area contributed by atoms with Crippen molar-refractivity contribution in [1.82, 2.24) is 19.8 Å². The molecule has 2 aliphatic rings. The summed E-state index contributed by atoms with van der Waals surface area (Å²) < 4.78 is 0. The lowest BCUT2D eigenvalue weighted by Gasteiger charge is -2.34.